The number of thioether (sulfide) groups is 1. The number of hydrogen-bond acceptors (Lipinski definition) is 7. The minimum Gasteiger partial charge on any atom is -0.508 e. The van der Waals surface area contributed by atoms with Crippen molar-refractivity contribution in [1.82, 2.24) is 25.8 Å². The van der Waals surface area contributed by atoms with E-state index in [0.717, 1.165) is 42.9 Å². The highest BCUT2D eigenvalue weighted by atomic mass is 32.2. The van der Waals surface area contributed by atoms with Gasteiger partial charge in [-0.1, -0.05) is 55.1 Å². The van der Waals surface area contributed by atoms with Crippen LogP contribution in [0.2, 0.25) is 0 Å². The molecule has 3 rings (SSSR count). The molecular weight excluding hydrogens is 538 g/mol. The van der Waals surface area contributed by atoms with Crippen molar-refractivity contribution in [3.05, 3.63) is 71.6 Å². The molecule has 1 atom stereocenters. The lowest BCUT2D eigenvalue weighted by Crippen LogP contribution is -2.52. The van der Waals surface area contributed by atoms with Gasteiger partial charge in [0.2, 0.25) is 5.91 Å². The monoisotopic (exact) mass is 585 g/mol. The summed E-state index contributed by atoms with van der Waals surface area (Å²) in [6.07, 6.45) is 5.42. The van der Waals surface area contributed by atoms with Gasteiger partial charge in [-0.2, -0.15) is 0 Å². The van der Waals surface area contributed by atoms with E-state index in [2.05, 4.69) is 33.5 Å². The standard InChI is InChI=1S/C25H32N4O3S.C4H11N.CH4N2/c1-28-14-16-29(17-15-28)25(32)26-19-24(31)27-21(10-7-20-8-11-22(30)12-9-20)13-18-33-23-5-3-2-4-6-23;1-3-4-5-2;2-1-3/h2-6,8-9,11-13,18,21,30H,7,10,14-17,19H2,1H3,(H,26,32)(H,27,31);5H,3-4H2,1-2H3;1H,(H3,2,3)/b18-13+;;. The maximum atomic E-state index is 12.6. The van der Waals surface area contributed by atoms with Gasteiger partial charge in [0.25, 0.3) is 0 Å². The average molecular weight is 586 g/mol. The lowest BCUT2D eigenvalue weighted by atomic mass is 10.0. The van der Waals surface area contributed by atoms with Crippen LogP contribution in [0.15, 0.2) is 71.0 Å². The second kappa shape index (κ2) is 22.2. The minimum absolute atomic E-state index is 0.0550. The second-order valence-electron chi connectivity index (χ2n) is 9.36. The predicted octanol–water partition coefficient (Wildman–Crippen LogP) is 3.24. The van der Waals surface area contributed by atoms with Crippen molar-refractivity contribution >= 4 is 30.0 Å². The molecule has 0 aliphatic carbocycles. The molecule has 1 aliphatic heterocycles. The number of piperazine rings is 1. The largest absolute Gasteiger partial charge is 0.508 e. The van der Waals surface area contributed by atoms with E-state index in [1.165, 1.54) is 6.42 Å². The Hall–Kier alpha value is -3.54. The van der Waals surface area contributed by atoms with E-state index >= 15 is 0 Å². The first-order valence-corrected chi connectivity index (χ1v) is 14.7. The predicted molar refractivity (Wildman–Crippen MR) is 169 cm³/mol. The molecule has 0 aromatic heterocycles. The molecular formula is C30H47N7O3S. The number of carbonyl (C=O) groups is 2. The minimum atomic E-state index is -0.220. The van der Waals surface area contributed by atoms with Crippen LogP contribution in [0.1, 0.15) is 25.3 Å². The molecule has 0 spiro atoms. The number of carbonyl (C=O) groups excluding carboxylic acids is 2. The Morgan fingerprint density at radius 1 is 1.10 bits per heavy atom. The van der Waals surface area contributed by atoms with Crippen LogP contribution in [0.3, 0.4) is 0 Å². The summed E-state index contributed by atoms with van der Waals surface area (Å²) in [6, 6.07) is 16.7. The number of benzene rings is 2. The Morgan fingerprint density at radius 3 is 2.29 bits per heavy atom. The summed E-state index contributed by atoms with van der Waals surface area (Å²) in [5, 5.41) is 26.1. The van der Waals surface area contributed by atoms with Crippen molar-refractivity contribution in [1.29, 1.82) is 5.41 Å². The second-order valence-corrected chi connectivity index (χ2v) is 10.3. The Labute approximate surface area is 249 Å². The summed E-state index contributed by atoms with van der Waals surface area (Å²) in [4.78, 5) is 29.9. The zero-order valence-electron chi connectivity index (χ0n) is 24.5. The van der Waals surface area contributed by atoms with Gasteiger partial charge in [0.05, 0.1) is 12.9 Å². The molecule has 1 aliphatic rings. The highest BCUT2D eigenvalue weighted by Gasteiger charge is 2.19. The number of rotatable bonds is 11. The third kappa shape index (κ3) is 17.0. The summed E-state index contributed by atoms with van der Waals surface area (Å²) >= 11 is 1.59. The fourth-order valence-electron chi connectivity index (χ4n) is 3.70. The van der Waals surface area contributed by atoms with Gasteiger partial charge in [0, 0.05) is 37.1 Å². The van der Waals surface area contributed by atoms with Gasteiger partial charge >= 0.3 is 6.03 Å². The first kappa shape index (κ1) is 35.5. The van der Waals surface area contributed by atoms with Crippen LogP contribution in [0.5, 0.6) is 5.75 Å². The summed E-state index contributed by atoms with van der Waals surface area (Å²) < 4.78 is 0. The van der Waals surface area contributed by atoms with Gasteiger partial charge < -0.3 is 36.6 Å². The highest BCUT2D eigenvalue weighted by Crippen LogP contribution is 2.19. The number of nitrogens with one attached hydrogen (secondary N) is 4. The molecule has 7 N–H and O–H groups in total. The Balaban J connectivity index is 0.000000930. The normalized spacial score (nSPS) is 13.7. The van der Waals surface area contributed by atoms with E-state index in [1.807, 2.05) is 68.0 Å². The summed E-state index contributed by atoms with van der Waals surface area (Å²) in [5.41, 5.74) is 5.47. The van der Waals surface area contributed by atoms with Crippen molar-refractivity contribution in [3.8, 4) is 5.75 Å². The molecule has 2 aromatic rings. The smallest absolute Gasteiger partial charge is 0.317 e. The number of amides is 3. The topological polar surface area (TPSA) is 147 Å². The van der Waals surface area contributed by atoms with Crippen molar-refractivity contribution in [3.63, 3.8) is 0 Å². The summed E-state index contributed by atoms with van der Waals surface area (Å²) in [6.45, 7) is 6.24. The van der Waals surface area contributed by atoms with Gasteiger partial charge in [-0.3, -0.25) is 10.2 Å². The van der Waals surface area contributed by atoms with Crippen molar-refractivity contribution in [2.24, 2.45) is 5.73 Å². The molecule has 11 heteroatoms. The van der Waals surface area contributed by atoms with Crippen molar-refractivity contribution < 1.29 is 14.7 Å². The van der Waals surface area contributed by atoms with E-state index in [9.17, 15) is 14.7 Å². The van der Waals surface area contributed by atoms with Gasteiger partial charge in [-0.15, -0.1) is 0 Å². The molecule has 0 saturated carbocycles. The molecule has 0 bridgehead atoms. The molecule has 3 amide bonds. The summed E-state index contributed by atoms with van der Waals surface area (Å²) in [5.74, 6) is 0.0152. The number of hydrogen-bond donors (Lipinski definition) is 6. The number of aromatic hydroxyl groups is 1. The lowest BCUT2D eigenvalue weighted by molar-refractivity contribution is -0.120. The van der Waals surface area contributed by atoms with Gasteiger partial charge in [-0.25, -0.2) is 4.79 Å². The molecule has 1 unspecified atom stereocenters. The van der Waals surface area contributed by atoms with Crippen LogP contribution in [0.25, 0.3) is 0 Å². The molecule has 2 aromatic carbocycles. The Bertz CT molecular complexity index is 1010. The molecule has 41 heavy (non-hydrogen) atoms. The molecule has 226 valence electrons. The number of likely N-dealkylation sites (N-methyl/N-ethyl adjacent to an activating group) is 1. The Morgan fingerprint density at radius 2 is 1.73 bits per heavy atom. The van der Waals surface area contributed by atoms with Crippen LogP contribution in [-0.2, 0) is 11.2 Å². The molecule has 1 saturated heterocycles. The van der Waals surface area contributed by atoms with E-state index < -0.39 is 0 Å². The highest BCUT2D eigenvalue weighted by molar-refractivity contribution is 8.02. The van der Waals surface area contributed by atoms with E-state index in [-0.39, 0.29) is 30.3 Å². The van der Waals surface area contributed by atoms with Crippen molar-refractivity contribution in [2.75, 3.05) is 53.4 Å². The lowest BCUT2D eigenvalue weighted by Gasteiger charge is -2.32. The van der Waals surface area contributed by atoms with Gasteiger partial charge in [-0.05, 0) is 75.1 Å². The zero-order valence-corrected chi connectivity index (χ0v) is 25.3. The van der Waals surface area contributed by atoms with Gasteiger partial charge in [0.1, 0.15) is 5.75 Å². The fraction of sp³-hybridized carbons (Fsp3) is 0.433. The molecule has 0 radical (unpaired) electrons. The first-order chi connectivity index (χ1) is 19.8. The van der Waals surface area contributed by atoms with Crippen LogP contribution < -0.4 is 21.7 Å². The number of nitrogens with two attached hydrogens (primary N) is 1. The molecule has 1 heterocycles. The van der Waals surface area contributed by atoms with Crippen LogP contribution in [-0.4, -0.2) is 92.6 Å². The van der Waals surface area contributed by atoms with E-state index in [1.54, 1.807) is 28.8 Å². The first-order valence-electron chi connectivity index (χ1n) is 13.8. The van der Waals surface area contributed by atoms with E-state index in [0.29, 0.717) is 19.5 Å². The third-order valence-electron chi connectivity index (χ3n) is 5.98. The molecule has 1 fully saturated rings. The summed E-state index contributed by atoms with van der Waals surface area (Å²) in [7, 11) is 3.99. The number of urea groups is 1. The van der Waals surface area contributed by atoms with Crippen LogP contribution in [0.4, 0.5) is 4.79 Å². The average Bonchev–Trinajstić information content (AvgIpc) is 2.97. The molecule has 10 nitrogen and oxygen atoms in total. The van der Waals surface area contributed by atoms with Crippen molar-refractivity contribution in [2.45, 2.75) is 37.1 Å². The number of phenols is 1. The van der Waals surface area contributed by atoms with E-state index in [4.69, 9.17) is 5.41 Å². The third-order valence-corrected chi connectivity index (χ3v) is 6.81. The maximum absolute atomic E-state index is 12.6. The SMILES string of the molecule is CCCNC.CN1CCN(C(=O)NCC(=O)NC(/C=C/Sc2ccccc2)CCc2ccc(O)cc2)CC1.N=CN. The Kier molecular flexibility index (Phi) is 19.2. The zero-order chi connectivity index (χ0) is 30.3. The van der Waals surface area contributed by atoms with Crippen LogP contribution >= 0.6 is 11.8 Å². The number of phenolic OH excluding ortho intramolecular Hbond substituents is 1. The fourth-order valence-corrected chi connectivity index (χ4v) is 4.44. The maximum Gasteiger partial charge on any atom is 0.317 e. The quantitative estimate of drug-likeness (QED) is 0.135. The van der Waals surface area contributed by atoms with Gasteiger partial charge in [0.15, 0.2) is 0 Å². The number of nitrogens with zero attached hydrogens (tertiary/aromatic N) is 2. The number of aryl methyl sites for hydroxylation is 1. The van der Waals surface area contributed by atoms with Crippen LogP contribution in [0, 0.1) is 5.41 Å².